The van der Waals surface area contributed by atoms with Crippen LogP contribution in [0, 0.1) is 0 Å². The minimum Gasteiger partial charge on any atom is -0.220 e. The molecule has 0 saturated carbocycles. The number of alkyl halides is 3. The Morgan fingerprint density at radius 2 is 2.00 bits per heavy atom. The molecule has 50 valence electrons. The maximum absolute atomic E-state index is 11.0. The zero-order valence-electron chi connectivity index (χ0n) is 4.16. The van der Waals surface area contributed by atoms with E-state index in [4.69, 9.17) is 0 Å². The van der Waals surface area contributed by atoms with E-state index in [0.717, 1.165) is 0 Å². The summed E-state index contributed by atoms with van der Waals surface area (Å²) in [6, 6.07) is 0. The fourth-order valence-electron chi connectivity index (χ4n) is 0.126. The summed E-state index contributed by atoms with van der Waals surface area (Å²) in [5, 5.41) is 0. The van der Waals surface area contributed by atoms with Crippen molar-refractivity contribution in [3.05, 3.63) is 0 Å². The Balaban J connectivity index is 3.11. The first kappa shape index (κ1) is 8.10. The van der Waals surface area contributed by atoms with Gasteiger partial charge in [0.05, 0.1) is 0 Å². The van der Waals surface area contributed by atoms with Gasteiger partial charge in [0.1, 0.15) is 0 Å². The van der Waals surface area contributed by atoms with Crippen molar-refractivity contribution in [2.75, 3.05) is 5.75 Å². The summed E-state index contributed by atoms with van der Waals surface area (Å²) < 4.78 is 36.3. The van der Waals surface area contributed by atoms with Crippen LogP contribution in [0.5, 0.6) is 0 Å². The number of rotatable bonds is 2. The molecule has 0 aromatic carbocycles. The molecule has 0 N–H and O–H groups in total. The highest BCUT2D eigenvalue weighted by molar-refractivity contribution is 7.94. The minimum absolute atomic E-state index is 0.305. The molecule has 0 radical (unpaired) electrons. The topological polar surface area (TPSA) is 9.23 Å². The van der Waals surface area contributed by atoms with Gasteiger partial charge >= 0.3 is 6.36 Å². The van der Waals surface area contributed by atoms with Crippen molar-refractivity contribution < 1.29 is 17.4 Å². The molecule has 0 rings (SSSR count). The summed E-state index contributed by atoms with van der Waals surface area (Å²) in [4.78, 5) is 0. The highest BCUT2D eigenvalue weighted by atomic mass is 32.2. The highest BCUT2D eigenvalue weighted by Gasteiger charge is 2.29. The molecule has 8 heavy (non-hydrogen) atoms. The van der Waals surface area contributed by atoms with Gasteiger partial charge in [0.25, 0.3) is 0 Å². The Morgan fingerprint density at radius 1 is 1.50 bits per heavy atom. The van der Waals surface area contributed by atoms with Gasteiger partial charge in [0, 0.05) is 17.8 Å². The monoisotopic (exact) mass is 146 g/mol. The molecule has 0 heterocycles. The molecule has 0 bridgehead atoms. The Bertz CT molecular complexity index is 62.0. The number of halogens is 3. The summed E-state index contributed by atoms with van der Waals surface area (Å²) in [5.41, 5.74) is 0. The van der Waals surface area contributed by atoms with Crippen molar-refractivity contribution in [3.63, 3.8) is 0 Å². The fourth-order valence-corrected chi connectivity index (χ4v) is 0.377. The first-order valence-electron chi connectivity index (χ1n) is 1.93. The average Bonchev–Trinajstić information content (AvgIpc) is 1.59. The molecule has 0 aromatic heterocycles. The third-order valence-corrected chi connectivity index (χ3v) is 0.814. The lowest BCUT2D eigenvalue weighted by Gasteiger charge is -2.01. The molecular formula is C3H5F3OS. The molecule has 0 saturated heterocycles. The number of hydrogen-bond donors (Lipinski definition) is 0. The average molecular weight is 146 g/mol. The molecule has 0 unspecified atom stereocenters. The summed E-state index contributed by atoms with van der Waals surface area (Å²) in [7, 11) is 0. The molecule has 0 aliphatic rings. The zero-order chi connectivity index (χ0) is 6.62. The van der Waals surface area contributed by atoms with Crippen LogP contribution in [0.3, 0.4) is 0 Å². The fraction of sp³-hybridized carbons (Fsp3) is 1.00. The van der Waals surface area contributed by atoms with Crippen molar-refractivity contribution in [1.29, 1.82) is 0 Å². The van der Waals surface area contributed by atoms with E-state index in [9.17, 15) is 13.2 Å². The van der Waals surface area contributed by atoms with E-state index in [0.29, 0.717) is 17.8 Å². The van der Waals surface area contributed by atoms with Crippen LogP contribution >= 0.6 is 12.0 Å². The first-order valence-corrected chi connectivity index (χ1v) is 2.84. The second-order valence-corrected chi connectivity index (χ2v) is 1.92. The van der Waals surface area contributed by atoms with E-state index < -0.39 is 6.36 Å². The lowest BCUT2D eigenvalue weighted by Crippen LogP contribution is -2.07. The highest BCUT2D eigenvalue weighted by Crippen LogP contribution is 2.22. The van der Waals surface area contributed by atoms with Gasteiger partial charge in [0.15, 0.2) is 0 Å². The largest absolute Gasteiger partial charge is 0.533 e. The van der Waals surface area contributed by atoms with Gasteiger partial charge in [0.2, 0.25) is 0 Å². The predicted octanol–water partition coefficient (Wildman–Crippen LogP) is 2.19. The third kappa shape index (κ3) is 6.10. The van der Waals surface area contributed by atoms with E-state index in [-0.39, 0.29) is 0 Å². The molecule has 0 spiro atoms. The van der Waals surface area contributed by atoms with Crippen LogP contribution in [0.4, 0.5) is 13.2 Å². The molecule has 0 aliphatic carbocycles. The van der Waals surface area contributed by atoms with Crippen LogP contribution in [0.2, 0.25) is 0 Å². The maximum Gasteiger partial charge on any atom is 0.533 e. The van der Waals surface area contributed by atoms with Gasteiger partial charge in [-0.15, -0.1) is 13.2 Å². The van der Waals surface area contributed by atoms with Gasteiger partial charge in [-0.25, -0.2) is 4.18 Å². The zero-order valence-corrected chi connectivity index (χ0v) is 4.97. The summed E-state index contributed by atoms with van der Waals surface area (Å²) >= 11 is 0.390. The normalized spacial score (nSPS) is 12.0. The minimum atomic E-state index is -4.49. The SMILES string of the molecule is CCSOC(F)(F)F. The molecule has 0 fully saturated rings. The second kappa shape index (κ2) is 3.19. The lowest BCUT2D eigenvalue weighted by molar-refractivity contribution is -0.266. The van der Waals surface area contributed by atoms with Crippen LogP contribution in [0.15, 0.2) is 0 Å². The van der Waals surface area contributed by atoms with Crippen LogP contribution in [0.25, 0.3) is 0 Å². The smallest absolute Gasteiger partial charge is 0.220 e. The molecular weight excluding hydrogens is 141 g/mol. The van der Waals surface area contributed by atoms with Crippen molar-refractivity contribution >= 4 is 12.0 Å². The molecule has 0 atom stereocenters. The lowest BCUT2D eigenvalue weighted by atomic mass is 11.0. The Kier molecular flexibility index (Phi) is 3.23. The Labute approximate surface area is 49.4 Å². The first-order chi connectivity index (χ1) is 3.56. The van der Waals surface area contributed by atoms with Gasteiger partial charge in [-0.2, -0.15) is 0 Å². The van der Waals surface area contributed by atoms with Gasteiger partial charge in [-0.05, 0) is 0 Å². The van der Waals surface area contributed by atoms with Crippen molar-refractivity contribution in [1.82, 2.24) is 0 Å². The predicted molar refractivity (Wildman–Crippen MR) is 25.3 cm³/mol. The Hall–Kier alpha value is 0.100. The maximum atomic E-state index is 11.0. The van der Waals surface area contributed by atoms with Crippen LogP contribution < -0.4 is 0 Å². The van der Waals surface area contributed by atoms with Crippen molar-refractivity contribution in [2.24, 2.45) is 0 Å². The van der Waals surface area contributed by atoms with Crippen LogP contribution in [0.1, 0.15) is 6.92 Å². The third-order valence-electron chi connectivity index (χ3n) is 0.271. The molecule has 0 aromatic rings. The van der Waals surface area contributed by atoms with Gasteiger partial charge in [-0.3, -0.25) is 0 Å². The Morgan fingerprint density at radius 3 is 2.12 bits per heavy atom. The summed E-state index contributed by atoms with van der Waals surface area (Å²) in [6.45, 7) is 1.58. The van der Waals surface area contributed by atoms with Crippen molar-refractivity contribution in [2.45, 2.75) is 13.3 Å². The van der Waals surface area contributed by atoms with E-state index in [1.165, 1.54) is 0 Å². The quantitative estimate of drug-likeness (QED) is 0.552. The molecule has 0 amide bonds. The van der Waals surface area contributed by atoms with Crippen molar-refractivity contribution in [3.8, 4) is 0 Å². The summed E-state index contributed by atoms with van der Waals surface area (Å²) in [6.07, 6.45) is -4.49. The van der Waals surface area contributed by atoms with E-state index in [2.05, 4.69) is 4.18 Å². The van der Waals surface area contributed by atoms with E-state index >= 15 is 0 Å². The van der Waals surface area contributed by atoms with E-state index in [1.54, 1.807) is 6.92 Å². The summed E-state index contributed by atoms with van der Waals surface area (Å²) in [5.74, 6) is 0.305. The van der Waals surface area contributed by atoms with E-state index in [1.807, 2.05) is 0 Å². The standard InChI is InChI=1S/C3H5F3OS/c1-2-8-7-3(4,5)6/h2H2,1H3. The molecule has 0 aliphatic heterocycles. The van der Waals surface area contributed by atoms with Crippen LogP contribution in [-0.4, -0.2) is 12.1 Å². The van der Waals surface area contributed by atoms with Gasteiger partial charge in [-0.1, -0.05) is 6.92 Å². The number of hydrogen-bond acceptors (Lipinski definition) is 2. The molecule has 1 nitrogen and oxygen atoms in total. The van der Waals surface area contributed by atoms with Crippen LogP contribution in [-0.2, 0) is 4.18 Å². The van der Waals surface area contributed by atoms with Gasteiger partial charge < -0.3 is 0 Å². The molecule has 5 heteroatoms. The second-order valence-electron chi connectivity index (χ2n) is 0.936.